The molecule has 0 atom stereocenters. The molecule has 0 spiro atoms. The Morgan fingerprint density at radius 3 is 3.07 bits per heavy atom. The molecule has 14 heavy (non-hydrogen) atoms. The van der Waals surface area contributed by atoms with E-state index in [4.69, 9.17) is 16.9 Å². The van der Waals surface area contributed by atoms with E-state index >= 15 is 0 Å². The predicted molar refractivity (Wildman–Crippen MR) is 54.5 cm³/mol. The lowest BCUT2D eigenvalue weighted by Gasteiger charge is -2.03. The second-order valence-corrected chi connectivity index (χ2v) is 3.65. The number of nitriles is 1. The fraction of sp³-hybridized carbons (Fsp3) is 0.125. The molecule has 0 aliphatic carbocycles. The Kier molecular flexibility index (Phi) is 2.32. The monoisotopic (exact) mass is 224 g/mol. The van der Waals surface area contributed by atoms with E-state index in [2.05, 4.69) is 10.1 Å². The molecule has 0 saturated heterocycles. The van der Waals surface area contributed by atoms with Crippen LogP contribution in [-0.4, -0.2) is 20.9 Å². The van der Waals surface area contributed by atoms with Crippen LogP contribution in [0, 0.1) is 11.3 Å². The molecule has 2 aromatic heterocycles. The zero-order valence-corrected chi connectivity index (χ0v) is 8.80. The van der Waals surface area contributed by atoms with Crippen molar-refractivity contribution in [2.45, 2.75) is 5.03 Å². The summed E-state index contributed by atoms with van der Waals surface area (Å²) in [7, 11) is 0. The van der Waals surface area contributed by atoms with Crippen LogP contribution in [0.15, 0.2) is 17.3 Å². The first-order valence-electron chi connectivity index (χ1n) is 3.75. The first kappa shape index (κ1) is 9.31. The van der Waals surface area contributed by atoms with Gasteiger partial charge in [-0.2, -0.15) is 10.4 Å². The van der Waals surface area contributed by atoms with Crippen molar-refractivity contribution >= 4 is 29.0 Å². The molecular weight excluding hydrogens is 220 g/mol. The van der Waals surface area contributed by atoms with E-state index in [9.17, 15) is 0 Å². The molecule has 0 N–H and O–H groups in total. The Morgan fingerprint density at radius 2 is 2.43 bits per heavy atom. The minimum atomic E-state index is 0.312. The molecule has 0 aromatic carbocycles. The van der Waals surface area contributed by atoms with Crippen LogP contribution in [0.5, 0.6) is 0 Å². The molecule has 0 amide bonds. The van der Waals surface area contributed by atoms with Gasteiger partial charge in [0.1, 0.15) is 16.7 Å². The average molecular weight is 225 g/mol. The van der Waals surface area contributed by atoms with Gasteiger partial charge in [0, 0.05) is 6.07 Å². The van der Waals surface area contributed by atoms with Crippen LogP contribution in [0.4, 0.5) is 0 Å². The largest absolute Gasteiger partial charge is 0.221 e. The van der Waals surface area contributed by atoms with E-state index in [1.54, 1.807) is 12.3 Å². The zero-order valence-electron chi connectivity index (χ0n) is 7.23. The lowest BCUT2D eigenvalue weighted by molar-refractivity contribution is 0.908. The fourth-order valence-corrected chi connectivity index (χ4v) is 1.98. The second-order valence-electron chi connectivity index (χ2n) is 2.50. The highest BCUT2D eigenvalue weighted by molar-refractivity contribution is 7.98. The van der Waals surface area contributed by atoms with Gasteiger partial charge in [0.15, 0.2) is 10.8 Å². The van der Waals surface area contributed by atoms with Crippen LogP contribution < -0.4 is 0 Å². The average Bonchev–Trinajstić information content (AvgIpc) is 2.65. The molecular formula is C8H5ClN4S. The number of halogens is 1. The predicted octanol–water partition coefficient (Wildman–Crippen LogP) is 1.98. The summed E-state index contributed by atoms with van der Waals surface area (Å²) < 4.78 is 1.44. The maximum atomic E-state index is 8.90. The van der Waals surface area contributed by atoms with Gasteiger partial charge in [-0.3, -0.25) is 0 Å². The molecule has 0 radical (unpaired) electrons. The molecule has 0 fully saturated rings. The van der Waals surface area contributed by atoms with Gasteiger partial charge < -0.3 is 0 Å². The number of hydrogen-bond donors (Lipinski definition) is 0. The van der Waals surface area contributed by atoms with Crippen molar-refractivity contribution in [1.82, 2.24) is 14.6 Å². The number of fused-ring (bicyclic) bond motifs is 1. The minimum Gasteiger partial charge on any atom is -0.221 e. The third kappa shape index (κ3) is 1.24. The second kappa shape index (κ2) is 3.48. The molecule has 0 aliphatic heterocycles. The van der Waals surface area contributed by atoms with Gasteiger partial charge in [0.25, 0.3) is 0 Å². The number of rotatable bonds is 1. The van der Waals surface area contributed by atoms with Crippen LogP contribution in [0.25, 0.3) is 5.65 Å². The maximum Gasteiger partial charge on any atom is 0.158 e. The van der Waals surface area contributed by atoms with Crippen molar-refractivity contribution < 1.29 is 0 Å². The van der Waals surface area contributed by atoms with Crippen LogP contribution in [0.2, 0.25) is 5.15 Å². The fourth-order valence-electron chi connectivity index (χ4n) is 1.13. The van der Waals surface area contributed by atoms with E-state index in [1.165, 1.54) is 16.3 Å². The molecule has 2 aromatic rings. The van der Waals surface area contributed by atoms with Crippen LogP contribution in [0.3, 0.4) is 0 Å². The number of thioether (sulfide) groups is 1. The summed E-state index contributed by atoms with van der Waals surface area (Å²) in [4.78, 5) is 4.24. The maximum absolute atomic E-state index is 8.90. The van der Waals surface area contributed by atoms with Crippen LogP contribution in [-0.2, 0) is 0 Å². The van der Waals surface area contributed by atoms with E-state index in [1.807, 2.05) is 12.3 Å². The molecule has 0 unspecified atom stereocenters. The van der Waals surface area contributed by atoms with Crippen LogP contribution >= 0.6 is 23.4 Å². The number of nitrogens with zero attached hydrogens (tertiary/aromatic N) is 4. The van der Waals surface area contributed by atoms with Crippen molar-refractivity contribution in [3.63, 3.8) is 0 Å². The smallest absolute Gasteiger partial charge is 0.158 e. The first-order valence-corrected chi connectivity index (χ1v) is 5.35. The molecule has 2 heterocycles. The standard InChI is InChI=1S/C8H5ClN4S/c1-14-8-5(4-10)7(9)13-6(12-8)2-3-11-13/h2-3H,1H3. The van der Waals surface area contributed by atoms with E-state index in [0.717, 1.165) is 0 Å². The minimum absolute atomic E-state index is 0.312. The Balaban J connectivity index is 2.88. The lowest BCUT2D eigenvalue weighted by Crippen LogP contribution is -1.98. The molecule has 0 bridgehead atoms. The third-order valence-electron chi connectivity index (χ3n) is 1.75. The molecule has 6 heteroatoms. The normalized spacial score (nSPS) is 10.4. The molecule has 0 aliphatic rings. The van der Waals surface area contributed by atoms with Gasteiger partial charge >= 0.3 is 0 Å². The van der Waals surface area contributed by atoms with Crippen molar-refractivity contribution in [3.05, 3.63) is 23.0 Å². The van der Waals surface area contributed by atoms with Gasteiger partial charge in [-0.05, 0) is 6.26 Å². The SMILES string of the molecule is CSc1nc2ccnn2c(Cl)c1C#N. The Morgan fingerprint density at radius 1 is 1.64 bits per heavy atom. The topological polar surface area (TPSA) is 54.0 Å². The first-order chi connectivity index (χ1) is 6.77. The third-order valence-corrected chi connectivity index (χ3v) is 2.78. The molecule has 2 rings (SSSR count). The van der Waals surface area contributed by atoms with Crippen molar-refractivity contribution in [2.24, 2.45) is 0 Å². The summed E-state index contributed by atoms with van der Waals surface area (Å²) >= 11 is 7.38. The highest BCUT2D eigenvalue weighted by atomic mass is 35.5. The molecule has 4 nitrogen and oxygen atoms in total. The van der Waals surface area contributed by atoms with Crippen molar-refractivity contribution in [2.75, 3.05) is 6.26 Å². The lowest BCUT2D eigenvalue weighted by atomic mass is 10.4. The van der Waals surface area contributed by atoms with Crippen molar-refractivity contribution in [1.29, 1.82) is 5.26 Å². The van der Waals surface area contributed by atoms with Crippen LogP contribution in [0.1, 0.15) is 5.56 Å². The highest BCUT2D eigenvalue weighted by Gasteiger charge is 2.12. The van der Waals surface area contributed by atoms with Gasteiger partial charge in [-0.1, -0.05) is 11.6 Å². The quantitative estimate of drug-likeness (QED) is 0.549. The number of hydrogen-bond acceptors (Lipinski definition) is 4. The van der Waals surface area contributed by atoms with E-state index < -0.39 is 0 Å². The van der Waals surface area contributed by atoms with E-state index in [-0.39, 0.29) is 0 Å². The Bertz CT molecular complexity index is 528. The number of aromatic nitrogens is 3. The summed E-state index contributed by atoms with van der Waals surface area (Å²) in [5.41, 5.74) is 1.02. The van der Waals surface area contributed by atoms with Crippen molar-refractivity contribution in [3.8, 4) is 6.07 Å². The molecule has 0 saturated carbocycles. The summed E-state index contributed by atoms with van der Waals surface area (Å²) in [6, 6.07) is 3.76. The Hall–Kier alpha value is -1.25. The summed E-state index contributed by atoms with van der Waals surface area (Å²) in [5.74, 6) is 0. The zero-order chi connectivity index (χ0) is 10.1. The molecule has 70 valence electrons. The summed E-state index contributed by atoms with van der Waals surface area (Å²) in [6.07, 6.45) is 3.45. The summed E-state index contributed by atoms with van der Waals surface area (Å²) in [6.45, 7) is 0. The highest BCUT2D eigenvalue weighted by Crippen LogP contribution is 2.25. The Labute approximate surface area is 89.5 Å². The van der Waals surface area contributed by atoms with Gasteiger partial charge in [0.05, 0.1) is 6.20 Å². The van der Waals surface area contributed by atoms with Gasteiger partial charge in [0.2, 0.25) is 0 Å². The van der Waals surface area contributed by atoms with E-state index in [0.29, 0.717) is 21.4 Å². The van der Waals surface area contributed by atoms with Gasteiger partial charge in [-0.25, -0.2) is 9.50 Å². The summed E-state index contributed by atoms with van der Waals surface area (Å²) in [5, 5.41) is 13.8. The van der Waals surface area contributed by atoms with Gasteiger partial charge in [-0.15, -0.1) is 11.8 Å².